The summed E-state index contributed by atoms with van der Waals surface area (Å²) in [6.07, 6.45) is 0.300. The Labute approximate surface area is 349 Å². The van der Waals surface area contributed by atoms with Gasteiger partial charge in [0.1, 0.15) is 24.2 Å². The molecule has 0 bridgehead atoms. The first-order valence-corrected chi connectivity index (χ1v) is 20.2. The maximum atomic E-state index is 13.9. The van der Waals surface area contributed by atoms with Crippen LogP contribution in [0.2, 0.25) is 0 Å². The van der Waals surface area contributed by atoms with Crippen LogP contribution < -0.4 is 37.6 Å². The second-order valence-electron chi connectivity index (χ2n) is 15.5. The number of anilines is 1. The van der Waals surface area contributed by atoms with Gasteiger partial charge in [-0.25, -0.2) is 0 Å². The second-order valence-corrected chi connectivity index (χ2v) is 15.5. The van der Waals surface area contributed by atoms with E-state index in [-0.39, 0.29) is 50.1 Å². The molecule has 60 heavy (non-hydrogen) atoms. The standard InChI is InChI=1S/C43H57N9O8/c1-5-26(4)37(41(59)51-34(23-36(54)55)40(58)50-32(11-8-19-46-43(44)45)39(57)47-24-25(2)3)52-20-18-33(42(52)60)49-35(53)21-27-12-16-31(17-13-27)48-38(56)30-15-14-28-9-6-7-10-29(28)22-30/h6-7,9-10,12-17,22,25-26,32-34,37H,5,8,11,18-21,23-24H2,1-4H3,(H,47,57)(H,48,56)(H,49,53)(H,50,58)(H,51,59)(H,54,55)(H4,44,45,46)/t26-,32-,33-,34-,37-/m0/s1. The predicted molar refractivity (Wildman–Crippen MR) is 227 cm³/mol. The molecule has 1 aliphatic heterocycles. The molecule has 4 rings (SSSR count). The highest BCUT2D eigenvalue weighted by atomic mass is 16.4. The van der Waals surface area contributed by atoms with Crippen molar-refractivity contribution in [2.45, 2.75) is 90.4 Å². The van der Waals surface area contributed by atoms with Crippen molar-refractivity contribution in [3.8, 4) is 0 Å². The van der Waals surface area contributed by atoms with Gasteiger partial charge in [0.05, 0.1) is 12.8 Å². The fourth-order valence-corrected chi connectivity index (χ4v) is 6.85. The van der Waals surface area contributed by atoms with E-state index in [4.69, 9.17) is 11.1 Å². The summed E-state index contributed by atoms with van der Waals surface area (Å²) in [5.74, 6) is -5.25. The topological polar surface area (TPSA) is 265 Å². The van der Waals surface area contributed by atoms with Crippen molar-refractivity contribution in [3.63, 3.8) is 0 Å². The van der Waals surface area contributed by atoms with Gasteiger partial charge in [-0.2, -0.15) is 0 Å². The van der Waals surface area contributed by atoms with Crippen LogP contribution in [0.1, 0.15) is 75.7 Å². The Hall–Kier alpha value is -6.52. The molecule has 1 saturated heterocycles. The predicted octanol–water partition coefficient (Wildman–Crippen LogP) is 2.25. The third-order valence-electron chi connectivity index (χ3n) is 10.3. The number of nitrogens with zero attached hydrogens (tertiary/aromatic N) is 1. The lowest BCUT2D eigenvalue weighted by Gasteiger charge is -2.33. The number of aliphatic carboxylic acids is 1. The van der Waals surface area contributed by atoms with Crippen LogP contribution in [-0.4, -0.2) is 101 Å². The van der Waals surface area contributed by atoms with Crippen molar-refractivity contribution in [3.05, 3.63) is 77.9 Å². The van der Waals surface area contributed by atoms with Gasteiger partial charge in [0.15, 0.2) is 5.96 Å². The Balaban J connectivity index is 1.37. The average Bonchev–Trinajstić information content (AvgIpc) is 3.55. The summed E-state index contributed by atoms with van der Waals surface area (Å²) in [7, 11) is 0. The van der Waals surface area contributed by atoms with Crippen LogP contribution in [0.3, 0.4) is 0 Å². The zero-order chi connectivity index (χ0) is 43.9. The molecule has 322 valence electrons. The number of fused-ring (bicyclic) bond motifs is 1. The molecular formula is C43H57N9O8. The van der Waals surface area contributed by atoms with Crippen LogP contribution in [0.25, 0.3) is 10.8 Å². The number of rotatable bonds is 21. The van der Waals surface area contributed by atoms with E-state index in [1.165, 1.54) is 4.90 Å². The molecule has 0 spiro atoms. The Kier molecular flexibility index (Phi) is 16.9. The Morgan fingerprint density at radius 1 is 0.883 bits per heavy atom. The van der Waals surface area contributed by atoms with E-state index >= 15 is 0 Å². The van der Waals surface area contributed by atoms with Gasteiger partial charge in [0, 0.05) is 30.9 Å². The number of carbonyl (C=O) groups excluding carboxylic acids is 6. The van der Waals surface area contributed by atoms with E-state index in [1.54, 1.807) is 37.3 Å². The van der Waals surface area contributed by atoms with Gasteiger partial charge in [-0.1, -0.05) is 76.6 Å². The lowest BCUT2D eigenvalue weighted by atomic mass is 9.96. The van der Waals surface area contributed by atoms with Crippen LogP contribution in [0, 0.1) is 17.2 Å². The number of guanidine groups is 1. The van der Waals surface area contributed by atoms with Crippen LogP contribution in [0.5, 0.6) is 0 Å². The maximum Gasteiger partial charge on any atom is 0.305 e. The number of nitrogens with two attached hydrogens (primary N) is 1. The van der Waals surface area contributed by atoms with Crippen molar-refractivity contribution in [1.82, 2.24) is 31.5 Å². The summed E-state index contributed by atoms with van der Waals surface area (Å²) >= 11 is 0. The van der Waals surface area contributed by atoms with Crippen LogP contribution >= 0.6 is 0 Å². The zero-order valence-electron chi connectivity index (χ0n) is 34.5. The molecular weight excluding hydrogens is 771 g/mol. The number of nitrogens with one attached hydrogen (secondary N) is 7. The average molecular weight is 828 g/mol. The number of carbonyl (C=O) groups is 7. The van der Waals surface area contributed by atoms with Crippen molar-refractivity contribution >= 4 is 63.8 Å². The summed E-state index contributed by atoms with van der Waals surface area (Å²) in [5.41, 5.74) is 7.04. The first kappa shape index (κ1) is 46.2. The minimum Gasteiger partial charge on any atom is -0.481 e. The molecule has 17 nitrogen and oxygen atoms in total. The molecule has 0 unspecified atom stereocenters. The molecule has 0 saturated carbocycles. The van der Waals surface area contributed by atoms with Gasteiger partial charge in [0.25, 0.3) is 5.91 Å². The van der Waals surface area contributed by atoms with E-state index in [9.17, 15) is 38.7 Å². The number of likely N-dealkylation sites (tertiary alicyclic amines) is 1. The summed E-state index contributed by atoms with van der Waals surface area (Å²) < 4.78 is 0. The normalized spacial score (nSPS) is 15.7. The minimum atomic E-state index is -1.58. The number of carboxylic acid groups (broad SMARTS) is 1. The number of hydrogen-bond donors (Lipinski definition) is 9. The van der Waals surface area contributed by atoms with Gasteiger partial charge in [0.2, 0.25) is 29.5 Å². The van der Waals surface area contributed by atoms with E-state index in [0.29, 0.717) is 36.2 Å². The van der Waals surface area contributed by atoms with Gasteiger partial charge in [-0.05, 0) is 71.7 Å². The number of carboxylic acids is 1. The minimum absolute atomic E-state index is 0.0480. The largest absolute Gasteiger partial charge is 0.481 e. The first-order valence-electron chi connectivity index (χ1n) is 20.2. The van der Waals surface area contributed by atoms with Crippen LogP contribution in [-0.2, 0) is 35.2 Å². The molecule has 17 heteroatoms. The summed E-state index contributed by atoms with van der Waals surface area (Å²) in [6, 6.07) is 15.3. The smallest absolute Gasteiger partial charge is 0.305 e. The summed E-state index contributed by atoms with van der Waals surface area (Å²) in [6.45, 7) is 8.09. The monoisotopic (exact) mass is 827 g/mol. The summed E-state index contributed by atoms with van der Waals surface area (Å²) in [4.78, 5) is 93.6. The van der Waals surface area contributed by atoms with Gasteiger partial charge < -0.3 is 47.6 Å². The first-order chi connectivity index (χ1) is 28.6. The SMILES string of the molecule is CC[C@H](C)[C@@H](C(=O)N[C@@H](CC(=O)O)C(=O)N[C@@H](CCCNC(=N)N)C(=O)NCC(C)C)N1CC[C@H](NC(=O)Cc2ccc(NC(=O)c3ccc4ccccc4c3)cc2)C1=O. The van der Waals surface area contributed by atoms with Crippen molar-refractivity contribution in [2.75, 3.05) is 25.0 Å². The lowest BCUT2D eigenvalue weighted by molar-refractivity contribution is -0.144. The molecule has 10 N–H and O–H groups in total. The molecule has 0 radical (unpaired) electrons. The lowest BCUT2D eigenvalue weighted by Crippen LogP contribution is -2.59. The number of benzene rings is 3. The third kappa shape index (κ3) is 13.5. The molecule has 5 atom stereocenters. The maximum absolute atomic E-state index is 13.9. The fraction of sp³-hybridized carbons (Fsp3) is 0.442. The van der Waals surface area contributed by atoms with Crippen molar-refractivity contribution < 1.29 is 38.7 Å². The molecule has 1 fully saturated rings. The molecule has 0 aromatic heterocycles. The zero-order valence-corrected chi connectivity index (χ0v) is 34.5. The van der Waals surface area contributed by atoms with Gasteiger partial charge >= 0.3 is 5.97 Å². The molecule has 0 aliphatic carbocycles. The Morgan fingerprint density at radius 3 is 2.22 bits per heavy atom. The third-order valence-corrected chi connectivity index (χ3v) is 10.3. The van der Waals surface area contributed by atoms with E-state index in [1.807, 2.05) is 57.2 Å². The van der Waals surface area contributed by atoms with Crippen LogP contribution in [0.15, 0.2) is 66.7 Å². The van der Waals surface area contributed by atoms with Gasteiger partial charge in [-0.3, -0.25) is 39.0 Å². The quantitative estimate of drug-likeness (QED) is 0.0430. The molecule has 6 amide bonds. The molecule has 1 heterocycles. The highest BCUT2D eigenvalue weighted by Crippen LogP contribution is 2.23. The number of amides is 6. The molecule has 1 aliphatic rings. The Morgan fingerprint density at radius 2 is 1.57 bits per heavy atom. The summed E-state index contributed by atoms with van der Waals surface area (Å²) in [5, 5.41) is 35.1. The van der Waals surface area contributed by atoms with Crippen molar-refractivity contribution in [2.24, 2.45) is 17.6 Å². The van der Waals surface area contributed by atoms with E-state index in [2.05, 4.69) is 31.9 Å². The number of hydrogen-bond acceptors (Lipinski definition) is 8. The Bertz CT molecular complexity index is 2040. The molecule has 3 aromatic rings. The second kappa shape index (κ2) is 22.0. The van der Waals surface area contributed by atoms with E-state index < -0.39 is 72.0 Å². The van der Waals surface area contributed by atoms with Crippen molar-refractivity contribution in [1.29, 1.82) is 5.41 Å². The molecule has 3 aromatic carbocycles. The highest BCUT2D eigenvalue weighted by Gasteiger charge is 2.42. The highest BCUT2D eigenvalue weighted by molar-refractivity contribution is 6.06. The van der Waals surface area contributed by atoms with E-state index in [0.717, 1.165) is 10.8 Å². The van der Waals surface area contributed by atoms with Crippen LogP contribution in [0.4, 0.5) is 5.69 Å². The van der Waals surface area contributed by atoms with Gasteiger partial charge in [-0.15, -0.1) is 0 Å². The fourth-order valence-electron chi connectivity index (χ4n) is 6.85.